The van der Waals surface area contributed by atoms with Crippen molar-refractivity contribution in [2.24, 2.45) is 0 Å². The van der Waals surface area contributed by atoms with E-state index in [9.17, 15) is 4.79 Å². The molecule has 5 nitrogen and oxygen atoms in total. The lowest BCUT2D eigenvalue weighted by atomic mass is 10.3. The largest absolute Gasteiger partial charge is 0.477 e. The van der Waals surface area contributed by atoms with Gasteiger partial charge in [-0.1, -0.05) is 11.6 Å². The van der Waals surface area contributed by atoms with Crippen LogP contribution in [0.1, 0.15) is 10.5 Å². The first-order valence-electron chi connectivity index (χ1n) is 4.75. The van der Waals surface area contributed by atoms with Crippen molar-refractivity contribution < 1.29 is 14.6 Å². The lowest BCUT2D eigenvalue weighted by Crippen LogP contribution is -2.02. The van der Waals surface area contributed by atoms with Crippen LogP contribution in [-0.4, -0.2) is 21.0 Å². The summed E-state index contributed by atoms with van der Waals surface area (Å²) >= 11 is 9.06. The zero-order valence-electron chi connectivity index (χ0n) is 8.80. The topological polar surface area (TPSA) is 72.3 Å². The van der Waals surface area contributed by atoms with Gasteiger partial charge >= 0.3 is 12.0 Å². The fourth-order valence-corrected chi connectivity index (χ4v) is 1.93. The fourth-order valence-electron chi connectivity index (χ4n) is 1.17. The summed E-state index contributed by atoms with van der Waals surface area (Å²) < 4.78 is 5.99. The van der Waals surface area contributed by atoms with E-state index in [-0.39, 0.29) is 11.7 Å². The normalized spacial score (nSPS) is 10.1. The molecule has 0 fully saturated rings. The highest BCUT2D eigenvalue weighted by Gasteiger charge is 2.09. The maximum Gasteiger partial charge on any atom is 0.354 e. The van der Waals surface area contributed by atoms with E-state index in [0.717, 1.165) is 0 Å². The summed E-state index contributed by atoms with van der Waals surface area (Å²) in [4.78, 5) is 18.3. The molecular weight excluding hydrogens is 323 g/mol. The molecule has 1 heterocycles. The number of hydrogen-bond donors (Lipinski definition) is 1. The minimum atomic E-state index is -1.14. The summed E-state index contributed by atoms with van der Waals surface area (Å²) in [5.74, 6) is -0.695. The van der Waals surface area contributed by atoms with Gasteiger partial charge < -0.3 is 9.84 Å². The Hall–Kier alpha value is -1.66. The van der Waals surface area contributed by atoms with Gasteiger partial charge in [0.15, 0.2) is 5.69 Å². The van der Waals surface area contributed by atoms with Gasteiger partial charge in [0.05, 0.1) is 4.47 Å². The van der Waals surface area contributed by atoms with Crippen LogP contribution in [0.5, 0.6) is 11.8 Å². The molecule has 2 aromatic rings. The van der Waals surface area contributed by atoms with Crippen molar-refractivity contribution in [2.75, 3.05) is 0 Å². The molecule has 2 rings (SSSR count). The van der Waals surface area contributed by atoms with Crippen LogP contribution in [0.15, 0.2) is 34.9 Å². The Kier molecular flexibility index (Phi) is 3.78. The molecule has 0 amide bonds. The molecule has 0 unspecified atom stereocenters. The molecular formula is C11H6BrClN2O3. The number of benzene rings is 1. The predicted octanol–water partition coefficient (Wildman–Crippen LogP) is 3.38. The Morgan fingerprint density at radius 3 is 2.83 bits per heavy atom. The van der Waals surface area contributed by atoms with E-state index in [4.69, 9.17) is 21.4 Å². The highest BCUT2D eigenvalue weighted by molar-refractivity contribution is 9.10. The Balaban J connectivity index is 2.28. The zero-order valence-corrected chi connectivity index (χ0v) is 11.1. The Labute approximate surface area is 116 Å². The van der Waals surface area contributed by atoms with Crippen LogP contribution in [0.25, 0.3) is 0 Å². The highest BCUT2D eigenvalue weighted by Crippen LogP contribution is 2.30. The summed E-state index contributed by atoms with van der Waals surface area (Å²) in [6.07, 6.45) is 1.32. The number of hydrogen-bond acceptors (Lipinski definition) is 4. The van der Waals surface area contributed by atoms with Crippen LogP contribution in [0.4, 0.5) is 0 Å². The average Bonchev–Trinajstić information content (AvgIpc) is 2.33. The van der Waals surface area contributed by atoms with Gasteiger partial charge in [-0.15, -0.1) is 0 Å². The summed E-state index contributed by atoms with van der Waals surface area (Å²) in [7, 11) is 0. The number of ether oxygens (including phenoxy) is 1. The maximum atomic E-state index is 10.7. The molecule has 0 atom stereocenters. The first-order chi connectivity index (χ1) is 8.56. The number of halogens is 2. The second-order valence-corrected chi connectivity index (χ2v) is 4.50. The minimum Gasteiger partial charge on any atom is -0.477 e. The van der Waals surface area contributed by atoms with Gasteiger partial charge in [-0.3, -0.25) is 0 Å². The summed E-state index contributed by atoms with van der Waals surface area (Å²) in [5.41, 5.74) is -0.134. The lowest BCUT2D eigenvalue weighted by molar-refractivity contribution is 0.0689. The number of nitrogens with zero attached hydrogens (tertiary/aromatic N) is 2. The van der Waals surface area contributed by atoms with Crippen LogP contribution in [0.2, 0.25) is 5.02 Å². The highest BCUT2D eigenvalue weighted by atomic mass is 79.9. The molecule has 0 saturated heterocycles. The van der Waals surface area contributed by atoms with E-state index >= 15 is 0 Å². The van der Waals surface area contributed by atoms with Gasteiger partial charge in [-0.25, -0.2) is 9.78 Å². The van der Waals surface area contributed by atoms with E-state index in [1.807, 2.05) is 0 Å². The van der Waals surface area contributed by atoms with Gasteiger partial charge in [0.2, 0.25) is 0 Å². The summed E-state index contributed by atoms with van der Waals surface area (Å²) in [5, 5.41) is 9.34. The molecule has 0 aliphatic heterocycles. The van der Waals surface area contributed by atoms with Crippen molar-refractivity contribution >= 4 is 33.5 Å². The van der Waals surface area contributed by atoms with E-state index in [1.165, 1.54) is 12.3 Å². The number of carboxylic acids is 1. The van der Waals surface area contributed by atoms with Gasteiger partial charge in [0.1, 0.15) is 5.75 Å². The number of aromatic nitrogens is 2. The monoisotopic (exact) mass is 328 g/mol. The van der Waals surface area contributed by atoms with E-state index in [1.54, 1.807) is 18.2 Å². The number of aromatic carboxylic acids is 1. The zero-order chi connectivity index (χ0) is 13.1. The van der Waals surface area contributed by atoms with Gasteiger partial charge in [0, 0.05) is 11.2 Å². The van der Waals surface area contributed by atoms with Crippen LogP contribution in [0.3, 0.4) is 0 Å². The van der Waals surface area contributed by atoms with Crippen LogP contribution in [0, 0.1) is 0 Å². The molecule has 1 aromatic carbocycles. The fraction of sp³-hybridized carbons (Fsp3) is 0. The summed E-state index contributed by atoms with van der Waals surface area (Å²) in [6.45, 7) is 0. The Morgan fingerprint density at radius 1 is 1.39 bits per heavy atom. The molecule has 18 heavy (non-hydrogen) atoms. The third kappa shape index (κ3) is 2.96. The maximum absolute atomic E-state index is 10.7. The molecule has 0 bridgehead atoms. The molecule has 0 aliphatic rings. The summed E-state index contributed by atoms with van der Waals surface area (Å²) in [6, 6.07) is 6.16. The van der Waals surface area contributed by atoms with E-state index in [2.05, 4.69) is 25.9 Å². The Bertz CT molecular complexity index is 607. The first-order valence-corrected chi connectivity index (χ1v) is 5.92. The molecule has 92 valence electrons. The van der Waals surface area contributed by atoms with Gasteiger partial charge in [-0.2, -0.15) is 4.98 Å². The predicted molar refractivity (Wildman–Crippen MR) is 68.2 cm³/mol. The van der Waals surface area contributed by atoms with Crippen molar-refractivity contribution in [1.29, 1.82) is 0 Å². The minimum absolute atomic E-state index is 0.0436. The average molecular weight is 330 g/mol. The van der Waals surface area contributed by atoms with E-state index in [0.29, 0.717) is 15.2 Å². The van der Waals surface area contributed by atoms with E-state index < -0.39 is 5.97 Å². The lowest BCUT2D eigenvalue weighted by Gasteiger charge is -2.06. The van der Waals surface area contributed by atoms with Crippen LogP contribution < -0.4 is 4.74 Å². The second kappa shape index (κ2) is 5.32. The number of carbonyl (C=O) groups is 1. The quantitative estimate of drug-likeness (QED) is 0.934. The molecule has 1 aromatic heterocycles. The first kappa shape index (κ1) is 12.8. The third-order valence-electron chi connectivity index (χ3n) is 1.95. The van der Waals surface area contributed by atoms with Crippen LogP contribution >= 0.6 is 27.5 Å². The Morgan fingerprint density at radius 2 is 2.17 bits per heavy atom. The van der Waals surface area contributed by atoms with Crippen molar-refractivity contribution in [1.82, 2.24) is 9.97 Å². The van der Waals surface area contributed by atoms with Crippen LogP contribution in [-0.2, 0) is 0 Å². The van der Waals surface area contributed by atoms with Gasteiger partial charge in [-0.05, 0) is 40.2 Å². The smallest absolute Gasteiger partial charge is 0.354 e. The third-order valence-corrected chi connectivity index (χ3v) is 2.80. The molecule has 1 N–H and O–H groups in total. The number of carboxylic acid groups (broad SMARTS) is 1. The van der Waals surface area contributed by atoms with Crippen molar-refractivity contribution in [3.05, 3.63) is 45.7 Å². The van der Waals surface area contributed by atoms with Crippen molar-refractivity contribution in [3.63, 3.8) is 0 Å². The SMILES string of the molecule is O=C(O)c1ccnc(Oc2ccc(Cl)cc2Br)n1. The van der Waals surface area contributed by atoms with Crippen molar-refractivity contribution in [2.45, 2.75) is 0 Å². The van der Waals surface area contributed by atoms with Gasteiger partial charge in [0.25, 0.3) is 0 Å². The molecule has 0 aliphatic carbocycles. The second-order valence-electron chi connectivity index (χ2n) is 3.21. The molecule has 0 spiro atoms. The van der Waals surface area contributed by atoms with Crippen molar-refractivity contribution in [3.8, 4) is 11.8 Å². The molecule has 0 radical (unpaired) electrons. The molecule has 7 heteroatoms. The molecule has 0 saturated carbocycles. The number of rotatable bonds is 3. The standard InChI is InChI=1S/C11H6BrClN2O3/c12-7-5-6(13)1-2-9(7)18-11-14-4-3-8(15-11)10(16)17/h1-5H,(H,16,17).